The van der Waals surface area contributed by atoms with E-state index in [4.69, 9.17) is 72.9 Å². The molecule has 0 radical (unpaired) electrons. The molecule has 5 atom stereocenters. The second-order valence-electron chi connectivity index (χ2n) is 21.3. The van der Waals surface area contributed by atoms with Gasteiger partial charge in [-0.3, -0.25) is 18.8 Å². The van der Waals surface area contributed by atoms with E-state index in [9.17, 15) is 91.0 Å². The molecule has 103 heavy (non-hydrogen) atoms. The summed E-state index contributed by atoms with van der Waals surface area (Å²) in [5.41, 5.74) is 0. The molecule has 0 aromatic rings. The largest absolute Gasteiger partial charge is 0.726 e. The maximum Gasteiger partial charge on any atom is 0.234 e. The van der Waals surface area contributed by atoms with E-state index in [2.05, 4.69) is 16.4 Å². The summed E-state index contributed by atoms with van der Waals surface area (Å²) in [6.45, 7) is 15.9. The van der Waals surface area contributed by atoms with Crippen molar-refractivity contribution in [2.75, 3.05) is 223 Å². The average Bonchev–Trinajstić information content (AvgIpc) is 0.895. The van der Waals surface area contributed by atoms with Crippen LogP contribution in [0.1, 0.15) is 112 Å². The summed E-state index contributed by atoms with van der Waals surface area (Å²) in [5, 5.41) is 126. The number of carboxylic acid groups (broad SMARTS) is 5. The van der Waals surface area contributed by atoms with Crippen molar-refractivity contribution in [2.45, 2.75) is 143 Å². The lowest BCUT2D eigenvalue weighted by molar-refractivity contribution is -0.325. The number of carboxylic acids is 5. The molecule has 39 nitrogen and oxygen atoms in total. The fourth-order valence-electron chi connectivity index (χ4n) is 6.94. The van der Waals surface area contributed by atoms with Gasteiger partial charge in [-0.15, -0.1) is 0 Å². The molecule has 0 bridgehead atoms. The lowest BCUT2D eigenvalue weighted by atomic mass is 10.0. The van der Waals surface area contributed by atoms with Gasteiger partial charge in [0.1, 0.15) is 30.5 Å². The van der Waals surface area contributed by atoms with Gasteiger partial charge in [-0.2, -0.15) is 4.31 Å². The minimum Gasteiger partial charge on any atom is -0.726 e. The molecule has 0 aliphatic rings. The number of ether oxygens (including phenoxy) is 10. The third-order valence-electron chi connectivity index (χ3n) is 12.4. The molecule has 1 amide bonds. The fraction of sp³-hybridized carbons (Fsp3) is 0.903. The monoisotopic (exact) mass is 1550 g/mol. The number of carbonyl (C=O) groups is 6. The SMILES string of the molecule is CCCCOC(C(O)CO)C(O)C(O)CO.CCCCOCCNC(=O)CN(CCN(CC(=O)[O-])CC(=O)[O-])CC(=O)[O-].CCCCOCCOC(CC(=O)[O-])C(=O)[O-].CCCCOCCOCCO.CCCCOS(=O)(=O)[O-].CCS(=O)(=O)N(CCOCCOCCO)CCOCCOCCO. The Morgan fingerprint density at radius 1 is 0.417 bits per heavy atom. The standard InChI is InChI=1S/C16H29N3O8.C14H31NO8S.C10H22O6.C10H18O6.C8H18O3.C4H10O4S/c1-2-3-7-27-8-4-17-13(20)9-18(10-14(21)22)5-6-19(11-15(23)24)12-16(25)26;1-2-24(18,19)15(3-7-20-11-13-22-9-5-16)4-8-21-12-14-23-10-6-17;1-2-3-4-16-10(8(14)6-12)9(15)7(13)5-11;1-2-3-4-15-5-6-16-8(10(13)14)7-9(11)12;1-2-3-5-10-7-8-11-6-4-9;1-2-3-4-8-9(5,6)7/h2-12H2,1H3,(H,17,20)(H,21,22)(H,23,24)(H,25,26);16-17H,2-14H2,1H3;7-15H,2-6H2,1H3;8H,2-7H2,1H3,(H,11,12)(H,13,14);9H,2-8H2,1H3;2-4H2,1H3,(H,5,6,7)/p-6. The van der Waals surface area contributed by atoms with E-state index in [0.717, 1.165) is 69.3 Å². The Hall–Kier alpha value is -4.20. The van der Waals surface area contributed by atoms with E-state index in [1.165, 1.54) is 9.21 Å². The molecule has 0 rings (SSSR count). The van der Waals surface area contributed by atoms with Crippen LogP contribution in [-0.2, 0) is 101 Å². The number of rotatable bonds is 66. The zero-order valence-electron chi connectivity index (χ0n) is 61.0. The van der Waals surface area contributed by atoms with Crippen LogP contribution in [0.4, 0.5) is 0 Å². The maximum atomic E-state index is 12.0. The molecule has 0 fully saturated rings. The average molecular weight is 1550 g/mol. The van der Waals surface area contributed by atoms with Gasteiger partial charge in [0.25, 0.3) is 0 Å². The number of aliphatic hydroxyl groups excluding tert-OH is 8. The summed E-state index contributed by atoms with van der Waals surface area (Å²) in [4.78, 5) is 66.8. The summed E-state index contributed by atoms with van der Waals surface area (Å²) < 4.78 is 110. The van der Waals surface area contributed by atoms with Crippen LogP contribution >= 0.6 is 0 Å². The van der Waals surface area contributed by atoms with Gasteiger partial charge in [0.2, 0.25) is 26.3 Å². The molecule has 0 aliphatic carbocycles. The lowest BCUT2D eigenvalue weighted by Gasteiger charge is -2.29. The normalized spacial score (nSPS) is 12.7. The fourth-order valence-corrected chi connectivity index (χ4v) is 8.33. The number of sulfonamides is 1. The molecule has 0 saturated carbocycles. The van der Waals surface area contributed by atoms with Crippen LogP contribution in [0.3, 0.4) is 0 Å². The number of amides is 1. The van der Waals surface area contributed by atoms with Crippen molar-refractivity contribution in [1.82, 2.24) is 19.4 Å². The van der Waals surface area contributed by atoms with E-state index in [0.29, 0.717) is 79.1 Å². The summed E-state index contributed by atoms with van der Waals surface area (Å²) >= 11 is 0. The molecule has 5 unspecified atom stereocenters. The summed E-state index contributed by atoms with van der Waals surface area (Å²) in [6, 6.07) is 0. The second kappa shape index (κ2) is 80.3. The van der Waals surface area contributed by atoms with Crippen molar-refractivity contribution >= 4 is 56.2 Å². The van der Waals surface area contributed by atoms with Gasteiger partial charge in [-0.25, -0.2) is 16.8 Å². The molecular weight excluding hydrogens is 1420 g/mol. The Morgan fingerprint density at radius 2 is 0.777 bits per heavy atom. The van der Waals surface area contributed by atoms with Crippen molar-refractivity contribution in [2.24, 2.45) is 0 Å². The maximum absolute atomic E-state index is 12.0. The lowest BCUT2D eigenvalue weighted by Crippen LogP contribution is -2.49. The van der Waals surface area contributed by atoms with Crippen LogP contribution in [0.25, 0.3) is 0 Å². The van der Waals surface area contributed by atoms with Gasteiger partial charge in [-0.05, 0) is 39.0 Å². The minimum atomic E-state index is -4.45. The van der Waals surface area contributed by atoms with Crippen LogP contribution in [-0.4, -0.2) is 366 Å². The Bertz CT molecular complexity index is 2130. The topological polar surface area (TPSA) is 594 Å². The van der Waals surface area contributed by atoms with Crippen LogP contribution in [0.5, 0.6) is 0 Å². The second-order valence-corrected chi connectivity index (χ2v) is 24.6. The van der Waals surface area contributed by atoms with Crippen molar-refractivity contribution in [3.05, 3.63) is 0 Å². The highest BCUT2D eigenvalue weighted by Crippen LogP contribution is 2.11. The smallest absolute Gasteiger partial charge is 0.234 e. The molecule has 41 heteroatoms. The van der Waals surface area contributed by atoms with Crippen molar-refractivity contribution in [3.8, 4) is 0 Å². The van der Waals surface area contributed by atoms with Crippen LogP contribution < -0.4 is 30.8 Å². The van der Waals surface area contributed by atoms with Gasteiger partial charge >= 0.3 is 0 Å². The minimum absolute atomic E-state index is 0.00231. The molecule has 0 aromatic carbocycles. The number of carbonyl (C=O) groups excluding carboxylic acids is 6. The van der Waals surface area contributed by atoms with Gasteiger partial charge < -0.3 is 148 Å². The quantitative estimate of drug-likeness (QED) is 0.0155. The molecule has 0 heterocycles. The number of hydrogen-bond acceptors (Lipinski definition) is 37. The van der Waals surface area contributed by atoms with Gasteiger partial charge in [0, 0.05) is 91.2 Å². The number of unbranched alkanes of at least 4 members (excludes halogenated alkanes) is 5. The predicted octanol–water partition coefficient (Wildman–Crippen LogP) is -9.15. The summed E-state index contributed by atoms with van der Waals surface area (Å²) in [7, 11) is -7.76. The third kappa shape index (κ3) is 84.9. The van der Waals surface area contributed by atoms with E-state index in [1.54, 1.807) is 6.92 Å². The van der Waals surface area contributed by atoms with Crippen molar-refractivity contribution in [3.63, 3.8) is 0 Å². The van der Waals surface area contributed by atoms with Gasteiger partial charge in [0.05, 0.1) is 168 Å². The first-order valence-corrected chi connectivity index (χ1v) is 37.1. The van der Waals surface area contributed by atoms with Gasteiger partial charge in [0.15, 0.2) is 0 Å². The number of aliphatic carboxylic acids is 5. The van der Waals surface area contributed by atoms with Crippen LogP contribution in [0.15, 0.2) is 0 Å². The molecule has 9 N–H and O–H groups in total. The first-order valence-electron chi connectivity index (χ1n) is 34.2. The summed E-state index contributed by atoms with van der Waals surface area (Å²) in [6.07, 6.45) is 1.78. The highest BCUT2D eigenvalue weighted by atomic mass is 32.3. The highest BCUT2D eigenvalue weighted by molar-refractivity contribution is 7.89. The van der Waals surface area contributed by atoms with Crippen molar-refractivity contribution < 1.29 is 168 Å². The Morgan fingerprint density at radius 3 is 1.13 bits per heavy atom. The van der Waals surface area contributed by atoms with E-state index in [1.807, 2.05) is 27.7 Å². The number of nitrogens with one attached hydrogen (secondary N) is 1. The highest BCUT2D eigenvalue weighted by Gasteiger charge is 2.32. The number of nitrogens with zero attached hydrogens (tertiary/aromatic N) is 3. The van der Waals surface area contributed by atoms with E-state index in [-0.39, 0.29) is 111 Å². The first kappa shape index (κ1) is 110. The Kier molecular flexibility index (Phi) is 85.6. The third-order valence-corrected chi connectivity index (χ3v) is 14.7. The Labute approximate surface area is 607 Å². The number of hydrogen-bond donors (Lipinski definition) is 9. The molecule has 0 saturated heterocycles. The first-order chi connectivity index (χ1) is 48.9. The van der Waals surface area contributed by atoms with Gasteiger partial charge in [-0.1, -0.05) is 66.7 Å². The summed E-state index contributed by atoms with van der Waals surface area (Å²) in [5.74, 6) is -7.85. The molecule has 618 valence electrons. The zero-order valence-corrected chi connectivity index (χ0v) is 62.6. The molecule has 0 aromatic heterocycles. The van der Waals surface area contributed by atoms with Crippen molar-refractivity contribution in [1.29, 1.82) is 0 Å². The zero-order chi connectivity index (χ0) is 79.4. The Balaban J connectivity index is -0.000000284. The molecule has 0 aliphatic heterocycles. The predicted molar refractivity (Wildman–Crippen MR) is 356 cm³/mol. The molecular formula is C62H122N4O35S2-6. The number of aliphatic hydroxyl groups is 8. The van der Waals surface area contributed by atoms with E-state index >= 15 is 0 Å². The van der Waals surface area contributed by atoms with E-state index < -0.39 is 126 Å². The van der Waals surface area contributed by atoms with Crippen LogP contribution in [0, 0.1) is 0 Å². The molecule has 0 spiro atoms. The van der Waals surface area contributed by atoms with Crippen LogP contribution in [0.2, 0.25) is 0 Å².